The van der Waals surface area contributed by atoms with Crippen molar-refractivity contribution in [3.63, 3.8) is 0 Å². The summed E-state index contributed by atoms with van der Waals surface area (Å²) in [7, 11) is 2.74. The van der Waals surface area contributed by atoms with E-state index in [1.807, 2.05) is 0 Å². The summed E-state index contributed by atoms with van der Waals surface area (Å²) in [6.07, 6.45) is -0.224. The van der Waals surface area contributed by atoms with Crippen LogP contribution >= 0.6 is 0 Å². The van der Waals surface area contributed by atoms with Gasteiger partial charge in [0.15, 0.2) is 17.3 Å². The number of hydrogen-bond acceptors (Lipinski definition) is 7. The summed E-state index contributed by atoms with van der Waals surface area (Å²) >= 11 is 0. The second-order valence-electron chi connectivity index (χ2n) is 7.20. The van der Waals surface area contributed by atoms with Crippen LogP contribution < -0.4 is 9.47 Å². The van der Waals surface area contributed by atoms with Gasteiger partial charge in [-0.05, 0) is 55.0 Å². The van der Waals surface area contributed by atoms with Crippen molar-refractivity contribution in [2.75, 3.05) is 14.2 Å². The van der Waals surface area contributed by atoms with E-state index in [1.165, 1.54) is 44.6 Å². The maximum atomic E-state index is 13.7. The third-order valence-electron chi connectivity index (χ3n) is 5.07. The molecule has 2 aromatic carbocycles. The zero-order valence-corrected chi connectivity index (χ0v) is 18.3. The standard InChI is InChI=1S/C24H21FN2O6/c1-14-12-16(4-6-17(14)25)24-22(32-2)11-7-18(26-24)21(29)10-9-20(28)15-5-8-19(27(30)31)23(13-15)33-3/h4-8,11-13H,9-10H2,1-3H3. The molecule has 8 nitrogen and oxygen atoms in total. The van der Waals surface area contributed by atoms with Crippen LogP contribution in [0.4, 0.5) is 10.1 Å². The molecule has 0 atom stereocenters. The van der Waals surface area contributed by atoms with Gasteiger partial charge in [-0.25, -0.2) is 9.37 Å². The molecular formula is C24H21FN2O6. The molecule has 33 heavy (non-hydrogen) atoms. The quantitative estimate of drug-likeness (QED) is 0.256. The van der Waals surface area contributed by atoms with Gasteiger partial charge >= 0.3 is 5.69 Å². The number of ether oxygens (including phenoxy) is 2. The van der Waals surface area contributed by atoms with Crippen molar-refractivity contribution in [1.29, 1.82) is 0 Å². The highest BCUT2D eigenvalue weighted by Gasteiger charge is 2.19. The number of hydrogen-bond donors (Lipinski definition) is 0. The third kappa shape index (κ3) is 5.20. The lowest BCUT2D eigenvalue weighted by Gasteiger charge is -2.11. The average Bonchev–Trinajstić information content (AvgIpc) is 2.82. The number of aryl methyl sites for hydroxylation is 1. The summed E-state index contributed by atoms with van der Waals surface area (Å²) in [6.45, 7) is 1.62. The minimum absolute atomic E-state index is 0.0340. The first-order valence-electron chi connectivity index (χ1n) is 9.95. The largest absolute Gasteiger partial charge is 0.494 e. The number of carbonyl (C=O) groups is 2. The highest BCUT2D eigenvalue weighted by molar-refractivity contribution is 6.02. The Bertz CT molecular complexity index is 1240. The molecule has 0 fully saturated rings. The van der Waals surface area contributed by atoms with Crippen LogP contribution in [-0.2, 0) is 0 Å². The molecule has 0 saturated heterocycles. The SMILES string of the molecule is COc1cc(C(=O)CCC(=O)c2ccc(OC)c(-c3ccc(F)c(C)c3)n2)ccc1[N+](=O)[O-]. The fourth-order valence-electron chi connectivity index (χ4n) is 3.27. The number of nitrogens with zero attached hydrogens (tertiary/aromatic N) is 2. The predicted octanol–water partition coefficient (Wildman–Crippen LogP) is 4.97. The number of pyridine rings is 1. The summed E-state index contributed by atoms with van der Waals surface area (Å²) in [5.41, 5.74) is 1.50. The predicted molar refractivity (Wildman–Crippen MR) is 118 cm³/mol. The molecule has 9 heteroatoms. The molecule has 0 N–H and O–H groups in total. The van der Waals surface area contributed by atoms with Crippen LogP contribution in [0.25, 0.3) is 11.3 Å². The summed E-state index contributed by atoms with van der Waals surface area (Å²) in [5.74, 6) is -0.689. The Morgan fingerprint density at radius 2 is 1.67 bits per heavy atom. The molecule has 1 aromatic heterocycles. The molecule has 1 heterocycles. The lowest BCUT2D eigenvalue weighted by atomic mass is 10.0. The molecule has 0 bridgehead atoms. The molecule has 0 amide bonds. The molecule has 170 valence electrons. The van der Waals surface area contributed by atoms with Crippen LogP contribution in [0.1, 0.15) is 39.3 Å². The second kappa shape index (κ2) is 9.99. The van der Waals surface area contributed by atoms with Crippen LogP contribution in [0.2, 0.25) is 0 Å². The van der Waals surface area contributed by atoms with E-state index in [0.717, 1.165) is 0 Å². The van der Waals surface area contributed by atoms with Gasteiger partial charge in [0, 0.05) is 30.0 Å². The van der Waals surface area contributed by atoms with Crippen LogP contribution in [-0.4, -0.2) is 35.7 Å². The normalized spacial score (nSPS) is 10.5. The van der Waals surface area contributed by atoms with Crippen molar-refractivity contribution in [3.05, 3.63) is 81.3 Å². The maximum absolute atomic E-state index is 13.7. The number of aromatic nitrogens is 1. The van der Waals surface area contributed by atoms with Crippen molar-refractivity contribution in [2.24, 2.45) is 0 Å². The van der Waals surface area contributed by atoms with Crippen LogP contribution in [0.15, 0.2) is 48.5 Å². The second-order valence-corrected chi connectivity index (χ2v) is 7.20. The average molecular weight is 452 g/mol. The van der Waals surface area contributed by atoms with Gasteiger partial charge in [-0.3, -0.25) is 19.7 Å². The molecule has 3 aromatic rings. The number of methoxy groups -OCH3 is 2. The smallest absolute Gasteiger partial charge is 0.310 e. The number of nitro groups is 1. The van der Waals surface area contributed by atoms with E-state index in [0.29, 0.717) is 22.6 Å². The molecule has 0 aliphatic heterocycles. The van der Waals surface area contributed by atoms with Crippen LogP contribution in [0.3, 0.4) is 0 Å². The topological polar surface area (TPSA) is 109 Å². The molecule has 0 aliphatic rings. The Labute approximate surface area is 189 Å². The van der Waals surface area contributed by atoms with E-state index >= 15 is 0 Å². The molecule has 0 unspecified atom stereocenters. The van der Waals surface area contributed by atoms with E-state index in [9.17, 15) is 24.1 Å². The molecular weight excluding hydrogens is 431 g/mol. The molecule has 0 radical (unpaired) electrons. The summed E-state index contributed by atoms with van der Waals surface area (Å²) in [5, 5.41) is 11.0. The molecule has 0 aliphatic carbocycles. The highest BCUT2D eigenvalue weighted by Crippen LogP contribution is 2.30. The first-order valence-corrected chi connectivity index (χ1v) is 9.95. The molecule has 3 rings (SSSR count). The van der Waals surface area contributed by atoms with E-state index in [1.54, 1.807) is 25.1 Å². The Hall–Kier alpha value is -4.14. The first-order chi connectivity index (χ1) is 15.7. The fourth-order valence-corrected chi connectivity index (χ4v) is 3.27. The lowest BCUT2D eigenvalue weighted by molar-refractivity contribution is -0.385. The molecule has 0 saturated carbocycles. The first kappa shape index (κ1) is 23.5. The van der Waals surface area contributed by atoms with Crippen molar-refractivity contribution < 1.29 is 28.4 Å². The minimum atomic E-state index is -0.605. The molecule has 0 spiro atoms. The minimum Gasteiger partial charge on any atom is -0.494 e. The van der Waals surface area contributed by atoms with E-state index in [4.69, 9.17) is 9.47 Å². The Morgan fingerprint density at radius 3 is 2.30 bits per heavy atom. The van der Waals surface area contributed by atoms with Gasteiger partial charge in [-0.15, -0.1) is 0 Å². The summed E-state index contributed by atoms with van der Waals surface area (Å²) < 4.78 is 24.0. The number of halogens is 1. The van der Waals surface area contributed by atoms with E-state index in [-0.39, 0.29) is 52.9 Å². The van der Waals surface area contributed by atoms with Gasteiger partial charge in [0.2, 0.25) is 0 Å². The Morgan fingerprint density at radius 1 is 0.970 bits per heavy atom. The fraction of sp³-hybridized carbons (Fsp3) is 0.208. The number of benzene rings is 2. The van der Waals surface area contributed by atoms with Gasteiger partial charge in [0.05, 0.1) is 19.1 Å². The van der Waals surface area contributed by atoms with Crippen LogP contribution in [0, 0.1) is 22.9 Å². The van der Waals surface area contributed by atoms with Gasteiger partial charge in [0.25, 0.3) is 0 Å². The Balaban J connectivity index is 1.78. The van der Waals surface area contributed by atoms with Crippen molar-refractivity contribution in [1.82, 2.24) is 4.98 Å². The number of rotatable bonds is 9. The summed E-state index contributed by atoms with van der Waals surface area (Å²) in [6, 6.07) is 11.4. The third-order valence-corrected chi connectivity index (χ3v) is 5.07. The lowest BCUT2D eigenvalue weighted by Crippen LogP contribution is -2.08. The van der Waals surface area contributed by atoms with Crippen LogP contribution in [0.5, 0.6) is 11.5 Å². The van der Waals surface area contributed by atoms with Gasteiger partial charge < -0.3 is 9.47 Å². The zero-order valence-electron chi connectivity index (χ0n) is 18.3. The van der Waals surface area contributed by atoms with Gasteiger partial charge in [0.1, 0.15) is 23.0 Å². The maximum Gasteiger partial charge on any atom is 0.310 e. The number of nitro benzene ring substituents is 1. The number of Topliss-reactive ketones (excluding diaryl/α,β-unsaturated/α-hetero) is 2. The zero-order chi connectivity index (χ0) is 24.1. The number of carbonyl (C=O) groups excluding carboxylic acids is 2. The van der Waals surface area contributed by atoms with Crippen molar-refractivity contribution >= 4 is 17.3 Å². The van der Waals surface area contributed by atoms with E-state index in [2.05, 4.69) is 4.98 Å². The highest BCUT2D eigenvalue weighted by atomic mass is 19.1. The number of ketones is 2. The van der Waals surface area contributed by atoms with Gasteiger partial charge in [-0.2, -0.15) is 0 Å². The van der Waals surface area contributed by atoms with Crippen molar-refractivity contribution in [2.45, 2.75) is 19.8 Å². The summed E-state index contributed by atoms with van der Waals surface area (Å²) in [4.78, 5) is 40.0. The van der Waals surface area contributed by atoms with Crippen molar-refractivity contribution in [3.8, 4) is 22.8 Å². The Kier molecular flexibility index (Phi) is 7.12. The van der Waals surface area contributed by atoms with Gasteiger partial charge in [-0.1, -0.05) is 0 Å². The van der Waals surface area contributed by atoms with E-state index < -0.39 is 4.92 Å². The monoisotopic (exact) mass is 452 g/mol.